The van der Waals surface area contributed by atoms with Gasteiger partial charge in [0.05, 0.1) is 5.02 Å². The first-order valence-corrected chi connectivity index (χ1v) is 4.31. The van der Waals surface area contributed by atoms with Crippen LogP contribution in [0, 0.1) is 0 Å². The summed E-state index contributed by atoms with van der Waals surface area (Å²) < 4.78 is 15.0. The number of para-hydroxylation sites is 1. The van der Waals surface area contributed by atoms with Crippen molar-refractivity contribution in [2.75, 3.05) is 0 Å². The zero-order valence-electron chi connectivity index (χ0n) is 5.49. The molecule has 1 rings (SSSR count). The number of rotatable bonds is 2. The molecule has 0 radical (unpaired) electrons. The van der Waals surface area contributed by atoms with E-state index in [9.17, 15) is 4.21 Å². The van der Waals surface area contributed by atoms with E-state index in [4.69, 9.17) is 16.7 Å². The summed E-state index contributed by atoms with van der Waals surface area (Å²) in [6.45, 7) is 0. The Hall–Kier alpha value is -0.580. The van der Waals surface area contributed by atoms with Crippen molar-refractivity contribution in [3.63, 3.8) is 0 Å². The molecule has 1 unspecified atom stereocenters. The highest BCUT2D eigenvalue weighted by Crippen LogP contribution is 2.22. The van der Waals surface area contributed by atoms with E-state index in [0.717, 1.165) is 0 Å². The average molecular weight is 192 g/mol. The molecule has 0 aliphatic rings. The van der Waals surface area contributed by atoms with Crippen LogP contribution in [-0.2, 0) is 11.3 Å². The van der Waals surface area contributed by atoms with Crippen molar-refractivity contribution in [1.29, 1.82) is 0 Å². The molecule has 1 atom stereocenters. The van der Waals surface area contributed by atoms with Gasteiger partial charge in [-0.2, -0.15) is 4.21 Å². The van der Waals surface area contributed by atoms with Gasteiger partial charge in [0, 0.05) is 0 Å². The predicted molar refractivity (Wildman–Crippen MR) is 44.4 cm³/mol. The SMILES string of the molecule is NS(=O)Oc1ccccc1Cl. The maximum atomic E-state index is 10.4. The van der Waals surface area contributed by atoms with Crippen LogP contribution >= 0.6 is 11.6 Å². The lowest BCUT2D eigenvalue weighted by Gasteiger charge is -2.00. The zero-order valence-corrected chi connectivity index (χ0v) is 7.06. The van der Waals surface area contributed by atoms with Gasteiger partial charge in [-0.15, -0.1) is 0 Å². The summed E-state index contributed by atoms with van der Waals surface area (Å²) in [6.07, 6.45) is 0. The average Bonchev–Trinajstić information content (AvgIpc) is 1.93. The molecular formula is C6H6ClNO2S. The fraction of sp³-hybridized carbons (Fsp3) is 0. The molecule has 0 aliphatic carbocycles. The number of hydrogen-bond donors (Lipinski definition) is 1. The molecule has 0 aliphatic heterocycles. The van der Waals surface area contributed by atoms with E-state index < -0.39 is 11.3 Å². The van der Waals surface area contributed by atoms with E-state index in [-0.39, 0.29) is 0 Å². The highest BCUT2D eigenvalue weighted by molar-refractivity contribution is 7.78. The Bertz CT molecular complexity index is 279. The van der Waals surface area contributed by atoms with Crippen molar-refractivity contribution in [2.45, 2.75) is 0 Å². The predicted octanol–water partition coefficient (Wildman–Crippen LogP) is 1.26. The van der Waals surface area contributed by atoms with Crippen LogP contribution in [0.4, 0.5) is 0 Å². The highest BCUT2D eigenvalue weighted by Gasteiger charge is 2.00. The lowest BCUT2D eigenvalue weighted by molar-refractivity contribution is 0.564. The number of halogens is 1. The second-order valence-electron chi connectivity index (χ2n) is 1.77. The smallest absolute Gasteiger partial charge is 0.285 e. The van der Waals surface area contributed by atoms with Crippen molar-refractivity contribution in [3.8, 4) is 5.75 Å². The minimum absolute atomic E-state index is 0.329. The Labute approximate surface area is 71.9 Å². The summed E-state index contributed by atoms with van der Waals surface area (Å²) in [5, 5.41) is 5.28. The topological polar surface area (TPSA) is 52.3 Å². The molecule has 0 spiro atoms. The molecule has 0 amide bonds. The van der Waals surface area contributed by atoms with Gasteiger partial charge in [0.2, 0.25) is 0 Å². The maximum Gasteiger partial charge on any atom is 0.285 e. The van der Waals surface area contributed by atoms with Gasteiger partial charge >= 0.3 is 0 Å². The van der Waals surface area contributed by atoms with Gasteiger partial charge in [0.1, 0.15) is 0 Å². The van der Waals surface area contributed by atoms with Gasteiger partial charge in [0.15, 0.2) is 5.75 Å². The summed E-state index contributed by atoms with van der Waals surface area (Å²) in [5.74, 6) is 0.329. The molecule has 3 nitrogen and oxygen atoms in total. The summed E-state index contributed by atoms with van der Waals surface area (Å²) in [6, 6.07) is 6.68. The third kappa shape index (κ3) is 2.49. The quantitative estimate of drug-likeness (QED) is 0.765. The third-order valence-corrected chi connectivity index (χ3v) is 1.66. The summed E-state index contributed by atoms with van der Waals surface area (Å²) in [4.78, 5) is 0. The Morgan fingerprint density at radius 1 is 1.45 bits per heavy atom. The second-order valence-corrected chi connectivity index (χ2v) is 2.87. The van der Waals surface area contributed by atoms with Crippen molar-refractivity contribution >= 4 is 22.9 Å². The first kappa shape index (κ1) is 8.52. The van der Waals surface area contributed by atoms with E-state index in [2.05, 4.69) is 4.18 Å². The molecule has 0 heterocycles. The van der Waals surface area contributed by atoms with Gasteiger partial charge in [-0.05, 0) is 12.1 Å². The summed E-state index contributed by atoms with van der Waals surface area (Å²) in [5.41, 5.74) is 0. The summed E-state index contributed by atoms with van der Waals surface area (Å²) >= 11 is 3.84. The van der Waals surface area contributed by atoms with Crippen LogP contribution in [0.3, 0.4) is 0 Å². The fourth-order valence-electron chi connectivity index (χ4n) is 0.601. The minimum Gasteiger partial charge on any atom is -0.388 e. The summed E-state index contributed by atoms with van der Waals surface area (Å²) in [7, 11) is 0. The van der Waals surface area contributed by atoms with E-state index in [1.807, 2.05) is 0 Å². The number of nitrogens with two attached hydrogens (primary N) is 1. The molecule has 0 aromatic heterocycles. The van der Waals surface area contributed by atoms with E-state index in [0.29, 0.717) is 10.8 Å². The fourth-order valence-corrected chi connectivity index (χ4v) is 1.14. The van der Waals surface area contributed by atoms with Crippen LogP contribution in [0.2, 0.25) is 5.02 Å². The standard InChI is InChI=1S/C6H6ClNO2S/c7-5-3-1-2-4-6(5)10-11(8)9/h1-4H,8H2. The van der Waals surface area contributed by atoms with Crippen LogP contribution in [0.1, 0.15) is 0 Å². The number of hydrogen-bond acceptors (Lipinski definition) is 2. The lowest BCUT2D eigenvalue weighted by Crippen LogP contribution is -2.09. The van der Waals surface area contributed by atoms with Crippen molar-refractivity contribution < 1.29 is 8.39 Å². The molecule has 2 N–H and O–H groups in total. The van der Waals surface area contributed by atoms with E-state index in [1.54, 1.807) is 24.3 Å². The van der Waals surface area contributed by atoms with Gasteiger partial charge < -0.3 is 4.18 Å². The normalized spacial score (nSPS) is 12.5. The Kier molecular flexibility index (Phi) is 2.87. The van der Waals surface area contributed by atoms with Crippen LogP contribution in [0.15, 0.2) is 24.3 Å². The monoisotopic (exact) mass is 191 g/mol. The van der Waals surface area contributed by atoms with Crippen LogP contribution in [0.25, 0.3) is 0 Å². The highest BCUT2D eigenvalue weighted by atomic mass is 35.5. The first-order valence-electron chi connectivity index (χ1n) is 2.79. The maximum absolute atomic E-state index is 10.4. The molecule has 60 valence electrons. The first-order chi connectivity index (χ1) is 5.20. The largest absolute Gasteiger partial charge is 0.388 e. The van der Waals surface area contributed by atoms with Gasteiger partial charge in [0.25, 0.3) is 11.3 Å². The molecule has 0 bridgehead atoms. The van der Waals surface area contributed by atoms with Gasteiger partial charge in [-0.25, -0.2) is 5.14 Å². The van der Waals surface area contributed by atoms with Crippen LogP contribution in [0.5, 0.6) is 5.75 Å². The molecule has 0 saturated carbocycles. The Balaban J connectivity index is 2.86. The molecule has 1 aromatic rings. The molecule has 5 heteroatoms. The molecule has 11 heavy (non-hydrogen) atoms. The van der Waals surface area contributed by atoms with Crippen molar-refractivity contribution in [3.05, 3.63) is 29.3 Å². The van der Waals surface area contributed by atoms with E-state index in [1.165, 1.54) is 0 Å². The molecule has 0 fully saturated rings. The lowest BCUT2D eigenvalue weighted by atomic mass is 10.3. The van der Waals surface area contributed by atoms with Gasteiger partial charge in [-0.1, -0.05) is 23.7 Å². The Morgan fingerprint density at radius 2 is 2.09 bits per heavy atom. The molecule has 0 saturated heterocycles. The Morgan fingerprint density at radius 3 is 2.64 bits per heavy atom. The van der Waals surface area contributed by atoms with Crippen LogP contribution in [-0.4, -0.2) is 4.21 Å². The van der Waals surface area contributed by atoms with Crippen molar-refractivity contribution in [1.82, 2.24) is 0 Å². The number of benzene rings is 1. The van der Waals surface area contributed by atoms with Gasteiger partial charge in [-0.3, -0.25) is 0 Å². The molecular weight excluding hydrogens is 186 g/mol. The molecule has 1 aromatic carbocycles. The van der Waals surface area contributed by atoms with E-state index >= 15 is 0 Å². The van der Waals surface area contributed by atoms with Crippen molar-refractivity contribution in [2.24, 2.45) is 5.14 Å². The minimum atomic E-state index is -1.81. The second kappa shape index (κ2) is 3.71. The zero-order chi connectivity index (χ0) is 8.27. The van der Waals surface area contributed by atoms with Crippen LogP contribution < -0.4 is 9.32 Å². The third-order valence-electron chi connectivity index (χ3n) is 1.01.